The number of ether oxygens (including phenoxy) is 1. The van der Waals surface area contributed by atoms with Crippen LogP contribution in [0.2, 0.25) is 0 Å². The van der Waals surface area contributed by atoms with E-state index in [1.54, 1.807) is 0 Å². The molecule has 1 aliphatic carbocycles. The van der Waals surface area contributed by atoms with Crippen LogP contribution in [0.3, 0.4) is 0 Å². The van der Waals surface area contributed by atoms with Crippen LogP contribution < -0.4 is 4.90 Å². The van der Waals surface area contributed by atoms with Gasteiger partial charge in [0.05, 0.1) is 30.3 Å². The molecule has 2 aromatic heterocycles. The summed E-state index contributed by atoms with van der Waals surface area (Å²) < 4.78 is 5.44. The van der Waals surface area contributed by atoms with E-state index in [2.05, 4.69) is 16.0 Å². The molecule has 3 heterocycles. The van der Waals surface area contributed by atoms with Gasteiger partial charge in [-0.2, -0.15) is 4.98 Å². The molecule has 0 atom stereocenters. The second-order valence-corrected chi connectivity index (χ2v) is 6.16. The van der Waals surface area contributed by atoms with Crippen LogP contribution in [0.25, 0.3) is 16.7 Å². The lowest BCUT2D eigenvalue weighted by Crippen LogP contribution is -2.37. The second-order valence-electron chi connectivity index (χ2n) is 6.16. The number of allylic oxidation sites excluding steroid dienone is 2. The minimum atomic E-state index is 0.701. The molecule has 0 bridgehead atoms. The molecule has 0 unspecified atom stereocenters. The van der Waals surface area contributed by atoms with Crippen LogP contribution in [-0.2, 0) is 4.74 Å². The molecule has 0 radical (unpaired) electrons. The van der Waals surface area contributed by atoms with Crippen LogP contribution in [0.5, 0.6) is 0 Å². The summed E-state index contributed by atoms with van der Waals surface area (Å²) in [6.45, 7) is 7.05. The van der Waals surface area contributed by atoms with Gasteiger partial charge in [0.25, 0.3) is 0 Å². The standard InChI is InChI=1S/C17H21N5O/c1-11-12(2)19-16-15(18-11)14(13-5-3-4-6-13)20-17(21-16)22-7-9-23-10-8-22/h5H,3-4,6-10H2,1-2H3. The molecule has 4 rings (SSSR count). The molecule has 0 N–H and O–H groups in total. The van der Waals surface area contributed by atoms with Crippen molar-refractivity contribution in [2.75, 3.05) is 31.2 Å². The average molecular weight is 311 g/mol. The lowest BCUT2D eigenvalue weighted by Gasteiger charge is -2.27. The van der Waals surface area contributed by atoms with Gasteiger partial charge in [0, 0.05) is 13.1 Å². The van der Waals surface area contributed by atoms with E-state index in [1.807, 2.05) is 13.8 Å². The SMILES string of the molecule is Cc1nc2nc(N3CCOCC3)nc(C3=CCCC3)c2nc1C. The molecule has 120 valence electrons. The van der Waals surface area contributed by atoms with Crippen molar-refractivity contribution in [1.29, 1.82) is 0 Å². The van der Waals surface area contributed by atoms with Gasteiger partial charge in [-0.05, 0) is 38.7 Å². The molecule has 0 spiro atoms. The van der Waals surface area contributed by atoms with Gasteiger partial charge in [0.1, 0.15) is 5.52 Å². The topological polar surface area (TPSA) is 64.0 Å². The summed E-state index contributed by atoms with van der Waals surface area (Å²) >= 11 is 0. The van der Waals surface area contributed by atoms with Crippen LogP contribution in [0.4, 0.5) is 5.95 Å². The van der Waals surface area contributed by atoms with Crippen LogP contribution >= 0.6 is 0 Å². The zero-order chi connectivity index (χ0) is 15.8. The maximum absolute atomic E-state index is 5.44. The van der Waals surface area contributed by atoms with Crippen molar-refractivity contribution in [2.24, 2.45) is 0 Å². The molecular weight excluding hydrogens is 290 g/mol. The third kappa shape index (κ3) is 2.67. The zero-order valence-corrected chi connectivity index (χ0v) is 13.7. The van der Waals surface area contributed by atoms with Crippen LogP contribution in [0.15, 0.2) is 6.08 Å². The van der Waals surface area contributed by atoms with Gasteiger partial charge in [0.15, 0.2) is 5.65 Å². The number of aromatic nitrogens is 4. The van der Waals surface area contributed by atoms with Gasteiger partial charge in [-0.3, -0.25) is 0 Å². The highest BCUT2D eigenvalue weighted by Crippen LogP contribution is 2.31. The number of aryl methyl sites for hydroxylation is 2. The fraction of sp³-hybridized carbons (Fsp3) is 0.529. The van der Waals surface area contributed by atoms with E-state index in [4.69, 9.17) is 19.7 Å². The van der Waals surface area contributed by atoms with E-state index in [0.29, 0.717) is 5.65 Å². The molecule has 1 fully saturated rings. The second kappa shape index (κ2) is 5.85. The Kier molecular flexibility index (Phi) is 3.69. The Morgan fingerprint density at radius 2 is 1.78 bits per heavy atom. The van der Waals surface area contributed by atoms with Gasteiger partial charge >= 0.3 is 0 Å². The van der Waals surface area contributed by atoms with E-state index in [-0.39, 0.29) is 0 Å². The van der Waals surface area contributed by atoms with E-state index in [1.165, 1.54) is 12.0 Å². The average Bonchev–Trinajstić information content (AvgIpc) is 3.10. The summed E-state index contributed by atoms with van der Waals surface area (Å²) in [6, 6.07) is 0. The molecule has 0 saturated carbocycles. The monoisotopic (exact) mass is 311 g/mol. The quantitative estimate of drug-likeness (QED) is 0.849. The minimum absolute atomic E-state index is 0.701. The summed E-state index contributed by atoms with van der Waals surface area (Å²) in [5.41, 5.74) is 5.65. The van der Waals surface area contributed by atoms with Crippen molar-refractivity contribution in [2.45, 2.75) is 33.1 Å². The van der Waals surface area contributed by atoms with E-state index >= 15 is 0 Å². The number of rotatable bonds is 2. The molecule has 1 aliphatic heterocycles. The Balaban J connectivity index is 1.89. The maximum atomic E-state index is 5.44. The lowest BCUT2D eigenvalue weighted by atomic mass is 10.1. The van der Waals surface area contributed by atoms with Crippen molar-refractivity contribution in [3.63, 3.8) is 0 Å². The largest absolute Gasteiger partial charge is 0.378 e. The predicted molar refractivity (Wildman–Crippen MR) is 89.5 cm³/mol. The highest BCUT2D eigenvalue weighted by molar-refractivity contribution is 5.86. The summed E-state index contributed by atoms with van der Waals surface area (Å²) in [4.78, 5) is 21.1. The van der Waals surface area contributed by atoms with E-state index in [9.17, 15) is 0 Å². The number of hydrogen-bond acceptors (Lipinski definition) is 6. The van der Waals surface area contributed by atoms with Crippen molar-refractivity contribution < 1.29 is 4.74 Å². The van der Waals surface area contributed by atoms with Gasteiger partial charge in [-0.15, -0.1) is 0 Å². The lowest BCUT2D eigenvalue weighted by molar-refractivity contribution is 0.122. The molecule has 0 amide bonds. The first-order chi connectivity index (χ1) is 11.2. The van der Waals surface area contributed by atoms with Crippen LogP contribution in [0, 0.1) is 13.8 Å². The molecule has 2 aliphatic rings. The number of morpholine rings is 1. The third-order valence-electron chi connectivity index (χ3n) is 4.57. The Bertz CT molecular complexity index is 780. The fourth-order valence-corrected chi connectivity index (χ4v) is 3.12. The first kappa shape index (κ1) is 14.5. The summed E-state index contributed by atoms with van der Waals surface area (Å²) in [6.07, 6.45) is 5.64. The number of hydrogen-bond donors (Lipinski definition) is 0. The first-order valence-corrected chi connectivity index (χ1v) is 8.27. The highest BCUT2D eigenvalue weighted by atomic mass is 16.5. The molecule has 1 saturated heterocycles. The highest BCUT2D eigenvalue weighted by Gasteiger charge is 2.21. The van der Waals surface area contributed by atoms with Gasteiger partial charge < -0.3 is 9.64 Å². The number of fused-ring (bicyclic) bond motifs is 1. The van der Waals surface area contributed by atoms with Crippen molar-refractivity contribution in [3.8, 4) is 0 Å². The molecule has 2 aromatic rings. The Morgan fingerprint density at radius 3 is 2.52 bits per heavy atom. The Labute approximate surface area is 135 Å². The number of nitrogens with zero attached hydrogens (tertiary/aromatic N) is 5. The normalized spacial score (nSPS) is 18.5. The predicted octanol–water partition coefficient (Wildman–Crippen LogP) is 2.44. The number of anilines is 1. The molecule has 0 aromatic carbocycles. The Morgan fingerprint density at radius 1 is 1.00 bits per heavy atom. The van der Waals surface area contributed by atoms with Gasteiger partial charge in [-0.1, -0.05) is 6.08 Å². The molecule has 6 nitrogen and oxygen atoms in total. The molecule has 23 heavy (non-hydrogen) atoms. The van der Waals surface area contributed by atoms with Crippen LogP contribution in [-0.4, -0.2) is 46.2 Å². The summed E-state index contributed by atoms with van der Waals surface area (Å²) in [7, 11) is 0. The van der Waals surface area contributed by atoms with E-state index < -0.39 is 0 Å². The third-order valence-corrected chi connectivity index (χ3v) is 4.57. The van der Waals surface area contributed by atoms with Crippen LogP contribution in [0.1, 0.15) is 36.3 Å². The van der Waals surface area contributed by atoms with E-state index in [0.717, 1.165) is 67.7 Å². The summed E-state index contributed by atoms with van der Waals surface area (Å²) in [5, 5.41) is 0. The first-order valence-electron chi connectivity index (χ1n) is 8.27. The van der Waals surface area contributed by atoms with Gasteiger partial charge in [-0.25, -0.2) is 15.0 Å². The fourth-order valence-electron chi connectivity index (χ4n) is 3.12. The maximum Gasteiger partial charge on any atom is 0.228 e. The molecular formula is C17H21N5O. The van der Waals surface area contributed by atoms with Crippen molar-refractivity contribution in [1.82, 2.24) is 19.9 Å². The smallest absolute Gasteiger partial charge is 0.228 e. The Hall–Kier alpha value is -2.08. The minimum Gasteiger partial charge on any atom is -0.378 e. The summed E-state index contributed by atoms with van der Waals surface area (Å²) in [5.74, 6) is 0.751. The van der Waals surface area contributed by atoms with Crippen molar-refractivity contribution >= 4 is 22.7 Å². The zero-order valence-electron chi connectivity index (χ0n) is 13.7. The van der Waals surface area contributed by atoms with Gasteiger partial charge in [0.2, 0.25) is 5.95 Å². The van der Waals surface area contributed by atoms with Crippen molar-refractivity contribution in [3.05, 3.63) is 23.2 Å². The molecule has 6 heteroatoms.